The third kappa shape index (κ3) is 2.24. The van der Waals surface area contributed by atoms with E-state index in [9.17, 15) is 18.8 Å². The number of rotatable bonds is 4. The third-order valence-electron chi connectivity index (χ3n) is 2.73. The van der Waals surface area contributed by atoms with Crippen molar-refractivity contribution in [1.29, 1.82) is 0 Å². The Kier molecular flexibility index (Phi) is 3.41. The summed E-state index contributed by atoms with van der Waals surface area (Å²) in [5.74, 6) is -2.39. The van der Waals surface area contributed by atoms with E-state index >= 15 is 0 Å². The van der Waals surface area contributed by atoms with E-state index in [0.717, 1.165) is 9.80 Å². The average molecular weight is 262 g/mol. The average Bonchev–Trinajstić information content (AvgIpc) is 2.59. The Morgan fingerprint density at radius 2 is 1.74 bits per heavy atom. The van der Waals surface area contributed by atoms with E-state index in [1.54, 1.807) is 6.07 Å². The highest BCUT2D eigenvalue weighted by molar-refractivity contribution is 6.44. The van der Waals surface area contributed by atoms with Gasteiger partial charge in [-0.15, -0.1) is 6.58 Å². The first-order valence-electron chi connectivity index (χ1n) is 5.58. The summed E-state index contributed by atoms with van der Waals surface area (Å²) in [6.07, 6.45) is 1.34. The van der Waals surface area contributed by atoms with Gasteiger partial charge in [-0.05, 0) is 6.07 Å². The molecule has 0 aliphatic carbocycles. The Labute approximate surface area is 108 Å². The number of halogens is 1. The molecule has 2 rings (SSSR count). The largest absolute Gasteiger partial charge is 0.334 e. The van der Waals surface area contributed by atoms with Gasteiger partial charge in [0.25, 0.3) is 0 Å². The molecule has 98 valence electrons. The van der Waals surface area contributed by atoms with Crippen LogP contribution in [0.2, 0.25) is 0 Å². The molecule has 0 atom stereocenters. The monoisotopic (exact) mass is 262 g/mol. The van der Waals surface area contributed by atoms with Crippen molar-refractivity contribution in [3.63, 3.8) is 0 Å². The summed E-state index contributed by atoms with van der Waals surface area (Å²) < 4.78 is 13.5. The highest BCUT2D eigenvalue weighted by Gasteiger charge is 2.43. The van der Waals surface area contributed by atoms with Gasteiger partial charge in [-0.25, -0.2) is 9.18 Å². The molecule has 0 bridgehead atoms. The van der Waals surface area contributed by atoms with Gasteiger partial charge in [0.15, 0.2) is 0 Å². The Hall–Kier alpha value is -2.50. The fourth-order valence-corrected chi connectivity index (χ4v) is 1.78. The maximum atomic E-state index is 13.5. The van der Waals surface area contributed by atoms with E-state index in [4.69, 9.17) is 0 Å². The minimum atomic E-state index is -0.949. The molecule has 1 aromatic rings. The molecule has 4 amide bonds. The van der Waals surface area contributed by atoms with Crippen LogP contribution in [0.5, 0.6) is 0 Å². The van der Waals surface area contributed by atoms with Crippen molar-refractivity contribution in [2.75, 3.05) is 6.54 Å². The number of amides is 4. The lowest BCUT2D eigenvalue weighted by Gasteiger charge is -2.14. The van der Waals surface area contributed by atoms with Crippen LogP contribution in [0, 0.1) is 5.82 Å². The van der Waals surface area contributed by atoms with Crippen LogP contribution in [0.3, 0.4) is 0 Å². The number of carbonyl (C=O) groups excluding carboxylic acids is 3. The SMILES string of the molecule is C=CCN1C(=O)C(=O)N(Cc2ccccc2F)C1=O. The minimum Gasteiger partial charge on any atom is -0.263 e. The molecule has 1 aromatic carbocycles. The lowest BCUT2D eigenvalue weighted by Crippen LogP contribution is -2.33. The summed E-state index contributed by atoms with van der Waals surface area (Å²) in [6.45, 7) is 3.10. The Balaban J connectivity index is 2.24. The third-order valence-corrected chi connectivity index (χ3v) is 2.73. The van der Waals surface area contributed by atoms with Crippen molar-refractivity contribution in [2.24, 2.45) is 0 Å². The molecule has 0 unspecified atom stereocenters. The number of urea groups is 1. The van der Waals surface area contributed by atoms with Crippen LogP contribution in [0.1, 0.15) is 5.56 Å². The van der Waals surface area contributed by atoms with Gasteiger partial charge in [-0.1, -0.05) is 24.3 Å². The van der Waals surface area contributed by atoms with Gasteiger partial charge in [0.05, 0.1) is 6.54 Å². The maximum absolute atomic E-state index is 13.5. The number of hydrogen-bond acceptors (Lipinski definition) is 3. The molecule has 0 radical (unpaired) electrons. The molecule has 1 fully saturated rings. The lowest BCUT2D eigenvalue weighted by molar-refractivity contribution is -0.143. The van der Waals surface area contributed by atoms with E-state index in [2.05, 4.69) is 6.58 Å². The van der Waals surface area contributed by atoms with E-state index in [1.807, 2.05) is 0 Å². The fourth-order valence-electron chi connectivity index (χ4n) is 1.78. The number of nitrogens with zero attached hydrogens (tertiary/aromatic N) is 2. The van der Waals surface area contributed by atoms with E-state index in [-0.39, 0.29) is 18.7 Å². The lowest BCUT2D eigenvalue weighted by atomic mass is 10.2. The minimum absolute atomic E-state index is 0.0445. The molecule has 1 aliphatic heterocycles. The van der Waals surface area contributed by atoms with Gasteiger partial charge in [-0.2, -0.15) is 0 Å². The molecular weight excluding hydrogens is 251 g/mol. The first-order valence-corrected chi connectivity index (χ1v) is 5.58. The Morgan fingerprint density at radius 3 is 2.37 bits per heavy atom. The number of benzene rings is 1. The van der Waals surface area contributed by atoms with Crippen molar-refractivity contribution in [2.45, 2.75) is 6.54 Å². The molecule has 6 heteroatoms. The molecule has 0 aromatic heterocycles. The highest BCUT2D eigenvalue weighted by Crippen LogP contribution is 2.17. The van der Waals surface area contributed by atoms with Crippen LogP contribution in [-0.2, 0) is 16.1 Å². The maximum Gasteiger partial charge on any atom is 0.334 e. The number of imide groups is 2. The van der Waals surface area contributed by atoms with Crippen LogP contribution in [0.25, 0.3) is 0 Å². The topological polar surface area (TPSA) is 57.7 Å². The van der Waals surface area contributed by atoms with Gasteiger partial charge < -0.3 is 0 Å². The zero-order chi connectivity index (χ0) is 14.0. The molecule has 1 aliphatic rings. The van der Waals surface area contributed by atoms with E-state index in [1.165, 1.54) is 24.3 Å². The summed E-state index contributed by atoms with van der Waals surface area (Å²) in [4.78, 5) is 36.6. The summed E-state index contributed by atoms with van der Waals surface area (Å²) in [5, 5.41) is 0. The second kappa shape index (κ2) is 5.01. The van der Waals surface area contributed by atoms with Gasteiger partial charge in [-0.3, -0.25) is 19.4 Å². The number of carbonyl (C=O) groups is 3. The molecular formula is C13H11FN2O3. The molecule has 1 heterocycles. The van der Waals surface area contributed by atoms with Crippen LogP contribution in [0.4, 0.5) is 9.18 Å². The second-order valence-electron chi connectivity index (χ2n) is 3.97. The van der Waals surface area contributed by atoms with Crippen molar-refractivity contribution >= 4 is 17.8 Å². The van der Waals surface area contributed by atoms with Crippen molar-refractivity contribution in [3.05, 3.63) is 48.3 Å². The standard InChI is InChI=1S/C13H11FN2O3/c1-2-7-15-11(17)12(18)16(13(15)19)8-9-5-3-4-6-10(9)14/h2-6H,1,7-8H2. The second-order valence-corrected chi connectivity index (χ2v) is 3.97. The van der Waals surface area contributed by atoms with E-state index in [0.29, 0.717) is 0 Å². The molecule has 0 saturated carbocycles. The van der Waals surface area contributed by atoms with Crippen LogP contribution < -0.4 is 0 Å². The van der Waals surface area contributed by atoms with Gasteiger partial charge in [0, 0.05) is 12.1 Å². The summed E-state index contributed by atoms with van der Waals surface area (Å²) in [5.41, 5.74) is 0.178. The molecule has 0 N–H and O–H groups in total. The van der Waals surface area contributed by atoms with Crippen molar-refractivity contribution in [1.82, 2.24) is 9.80 Å². The zero-order valence-corrected chi connectivity index (χ0v) is 10.0. The first-order chi connectivity index (χ1) is 9.06. The van der Waals surface area contributed by atoms with Crippen molar-refractivity contribution < 1.29 is 18.8 Å². The first kappa shape index (κ1) is 12.9. The molecule has 19 heavy (non-hydrogen) atoms. The number of hydrogen-bond donors (Lipinski definition) is 0. The predicted molar refractivity (Wildman–Crippen MR) is 64.3 cm³/mol. The summed E-state index contributed by atoms with van der Waals surface area (Å²) in [6, 6.07) is 5.02. The Bertz CT molecular complexity index is 571. The van der Waals surface area contributed by atoms with Crippen LogP contribution in [-0.4, -0.2) is 34.2 Å². The predicted octanol–water partition coefficient (Wildman–Crippen LogP) is 1.30. The Morgan fingerprint density at radius 1 is 1.11 bits per heavy atom. The normalized spacial score (nSPS) is 15.3. The summed E-state index contributed by atoms with van der Waals surface area (Å²) >= 11 is 0. The molecule has 0 spiro atoms. The van der Waals surface area contributed by atoms with Crippen molar-refractivity contribution in [3.8, 4) is 0 Å². The molecule has 1 saturated heterocycles. The van der Waals surface area contributed by atoms with E-state index < -0.39 is 23.7 Å². The highest BCUT2D eigenvalue weighted by atomic mass is 19.1. The smallest absolute Gasteiger partial charge is 0.263 e. The van der Waals surface area contributed by atoms with Crippen LogP contribution in [0.15, 0.2) is 36.9 Å². The van der Waals surface area contributed by atoms with Crippen LogP contribution >= 0.6 is 0 Å². The fraction of sp³-hybridized carbons (Fsp3) is 0.154. The quantitative estimate of drug-likeness (QED) is 0.467. The zero-order valence-electron chi connectivity index (χ0n) is 10.0. The van der Waals surface area contributed by atoms with Gasteiger partial charge in [0.1, 0.15) is 5.82 Å². The molecule has 5 nitrogen and oxygen atoms in total. The van der Waals surface area contributed by atoms with Gasteiger partial charge in [0.2, 0.25) is 0 Å². The summed E-state index contributed by atoms with van der Waals surface area (Å²) in [7, 11) is 0. The van der Waals surface area contributed by atoms with Gasteiger partial charge >= 0.3 is 17.8 Å².